The first-order valence-corrected chi connectivity index (χ1v) is 4.74. The lowest BCUT2D eigenvalue weighted by molar-refractivity contribution is 0.359. The molecule has 0 bridgehead atoms. The van der Waals surface area contributed by atoms with Crippen molar-refractivity contribution >= 4 is 0 Å². The topological polar surface area (TPSA) is 12.0 Å². The van der Waals surface area contributed by atoms with E-state index in [4.69, 9.17) is 0 Å². The van der Waals surface area contributed by atoms with Crippen molar-refractivity contribution in [2.45, 2.75) is 53.0 Å². The van der Waals surface area contributed by atoms with Crippen molar-refractivity contribution in [1.29, 1.82) is 0 Å². The zero-order valence-electron chi connectivity index (χ0n) is 8.70. The van der Waals surface area contributed by atoms with Crippen LogP contribution in [-0.2, 0) is 0 Å². The molecule has 1 nitrogen and oxygen atoms in total. The summed E-state index contributed by atoms with van der Waals surface area (Å²) >= 11 is 0. The maximum atomic E-state index is 3.52. The van der Waals surface area contributed by atoms with Gasteiger partial charge in [0, 0.05) is 5.54 Å². The molecule has 0 amide bonds. The normalized spacial score (nSPS) is 12.5. The van der Waals surface area contributed by atoms with Gasteiger partial charge >= 0.3 is 0 Å². The van der Waals surface area contributed by atoms with Gasteiger partial charge in [0.25, 0.3) is 0 Å². The number of nitrogens with one attached hydrogen (secondary N) is 1. The maximum Gasteiger partial charge on any atom is 0.00966 e. The van der Waals surface area contributed by atoms with Crippen molar-refractivity contribution in [3.63, 3.8) is 0 Å². The van der Waals surface area contributed by atoms with E-state index in [9.17, 15) is 0 Å². The Balaban J connectivity index is 3.51. The zero-order chi connectivity index (χ0) is 8.91. The molecule has 0 unspecified atom stereocenters. The first kappa shape index (κ1) is 11.0. The van der Waals surface area contributed by atoms with Crippen molar-refractivity contribution in [2.75, 3.05) is 6.54 Å². The summed E-state index contributed by atoms with van der Waals surface area (Å²) in [5.41, 5.74) is 0.280. The molecule has 68 valence electrons. The lowest BCUT2D eigenvalue weighted by Crippen LogP contribution is -2.38. The zero-order valence-corrected chi connectivity index (χ0v) is 8.70. The minimum atomic E-state index is 0.280. The van der Waals surface area contributed by atoms with Crippen LogP contribution in [-0.4, -0.2) is 12.1 Å². The van der Waals surface area contributed by atoms with Crippen LogP contribution in [0.5, 0.6) is 0 Å². The number of rotatable bonds is 4. The predicted molar refractivity (Wildman–Crippen MR) is 51.8 cm³/mol. The van der Waals surface area contributed by atoms with Crippen molar-refractivity contribution in [3.8, 4) is 0 Å². The molecular weight excluding hydrogens is 134 g/mol. The van der Waals surface area contributed by atoms with Gasteiger partial charge in [-0.1, -0.05) is 26.7 Å². The second-order valence-electron chi connectivity index (χ2n) is 4.31. The van der Waals surface area contributed by atoms with Gasteiger partial charge in [-0.2, -0.15) is 0 Å². The fourth-order valence-corrected chi connectivity index (χ4v) is 1.03. The van der Waals surface area contributed by atoms with Crippen molar-refractivity contribution in [3.05, 3.63) is 0 Å². The molecule has 11 heavy (non-hydrogen) atoms. The van der Waals surface area contributed by atoms with Crippen LogP contribution in [0.15, 0.2) is 0 Å². The highest BCUT2D eigenvalue weighted by Gasteiger charge is 2.10. The molecule has 0 aliphatic carbocycles. The van der Waals surface area contributed by atoms with Crippen LogP contribution in [0, 0.1) is 5.92 Å². The standard InChI is InChI=1S/C10H23N/c1-6-9(7-2)8-11-10(3,4)5/h9,11H,6-8H2,1-5H3. The number of hydrogen-bond donors (Lipinski definition) is 1. The van der Waals surface area contributed by atoms with Crippen molar-refractivity contribution in [2.24, 2.45) is 5.92 Å². The monoisotopic (exact) mass is 157 g/mol. The summed E-state index contributed by atoms with van der Waals surface area (Å²) in [7, 11) is 0. The molecule has 0 aliphatic rings. The maximum absolute atomic E-state index is 3.52. The smallest absolute Gasteiger partial charge is 0.00966 e. The minimum absolute atomic E-state index is 0.280. The minimum Gasteiger partial charge on any atom is -0.312 e. The molecule has 0 aromatic rings. The first-order chi connectivity index (χ1) is 4.99. The quantitative estimate of drug-likeness (QED) is 0.661. The molecule has 0 rings (SSSR count). The summed E-state index contributed by atoms with van der Waals surface area (Å²) in [6.45, 7) is 12.3. The van der Waals surface area contributed by atoms with Gasteiger partial charge in [-0.3, -0.25) is 0 Å². The highest BCUT2D eigenvalue weighted by molar-refractivity contribution is 4.72. The van der Waals surface area contributed by atoms with E-state index in [2.05, 4.69) is 39.9 Å². The van der Waals surface area contributed by atoms with Crippen LogP contribution in [0.25, 0.3) is 0 Å². The fraction of sp³-hybridized carbons (Fsp3) is 1.00. The molecule has 1 N–H and O–H groups in total. The first-order valence-electron chi connectivity index (χ1n) is 4.74. The molecule has 0 aliphatic heterocycles. The Morgan fingerprint density at radius 2 is 1.55 bits per heavy atom. The Bertz CT molecular complexity index is 87.5. The largest absolute Gasteiger partial charge is 0.312 e. The summed E-state index contributed by atoms with van der Waals surface area (Å²) in [5, 5.41) is 3.52. The van der Waals surface area contributed by atoms with Crippen LogP contribution >= 0.6 is 0 Å². The van der Waals surface area contributed by atoms with Gasteiger partial charge in [0.05, 0.1) is 0 Å². The third-order valence-electron chi connectivity index (χ3n) is 2.08. The van der Waals surface area contributed by atoms with Crippen molar-refractivity contribution < 1.29 is 0 Å². The highest BCUT2D eigenvalue weighted by Crippen LogP contribution is 2.08. The molecule has 0 aromatic heterocycles. The highest BCUT2D eigenvalue weighted by atomic mass is 14.9. The van der Waals surface area contributed by atoms with Crippen LogP contribution in [0.1, 0.15) is 47.5 Å². The Kier molecular flexibility index (Phi) is 4.74. The van der Waals surface area contributed by atoms with Gasteiger partial charge in [-0.25, -0.2) is 0 Å². The Labute approximate surface area is 71.6 Å². The van der Waals surface area contributed by atoms with Crippen molar-refractivity contribution in [1.82, 2.24) is 5.32 Å². The molecule has 0 heterocycles. The van der Waals surface area contributed by atoms with Crippen LogP contribution in [0.4, 0.5) is 0 Å². The molecule has 1 heteroatoms. The molecule has 0 spiro atoms. The lowest BCUT2D eigenvalue weighted by Gasteiger charge is -2.23. The molecule has 0 fully saturated rings. The Hall–Kier alpha value is -0.0400. The average Bonchev–Trinajstić information content (AvgIpc) is 1.88. The SMILES string of the molecule is CCC(CC)CNC(C)(C)C. The average molecular weight is 157 g/mol. The summed E-state index contributed by atoms with van der Waals surface area (Å²) in [6, 6.07) is 0. The van der Waals surface area contributed by atoms with Gasteiger partial charge in [-0.05, 0) is 33.2 Å². The molecule has 0 saturated carbocycles. The second kappa shape index (κ2) is 4.76. The number of hydrogen-bond acceptors (Lipinski definition) is 1. The van der Waals surface area contributed by atoms with Crippen LogP contribution in [0.2, 0.25) is 0 Å². The van der Waals surface area contributed by atoms with E-state index in [0.717, 1.165) is 12.5 Å². The van der Waals surface area contributed by atoms with E-state index in [0.29, 0.717) is 0 Å². The summed E-state index contributed by atoms with van der Waals surface area (Å²) < 4.78 is 0. The van der Waals surface area contributed by atoms with Crippen LogP contribution in [0.3, 0.4) is 0 Å². The van der Waals surface area contributed by atoms with E-state index in [1.807, 2.05) is 0 Å². The predicted octanol–water partition coefficient (Wildman–Crippen LogP) is 2.81. The Morgan fingerprint density at radius 1 is 1.09 bits per heavy atom. The summed E-state index contributed by atoms with van der Waals surface area (Å²) in [4.78, 5) is 0. The van der Waals surface area contributed by atoms with E-state index < -0.39 is 0 Å². The van der Waals surface area contributed by atoms with E-state index in [1.54, 1.807) is 0 Å². The summed E-state index contributed by atoms with van der Waals surface area (Å²) in [6.07, 6.45) is 2.58. The molecule has 0 aromatic carbocycles. The van der Waals surface area contributed by atoms with Gasteiger partial charge in [0.1, 0.15) is 0 Å². The fourth-order valence-electron chi connectivity index (χ4n) is 1.03. The Morgan fingerprint density at radius 3 is 1.82 bits per heavy atom. The molecular formula is C10H23N. The van der Waals surface area contributed by atoms with E-state index in [1.165, 1.54) is 12.8 Å². The molecule has 0 atom stereocenters. The lowest BCUT2D eigenvalue weighted by atomic mass is 10.0. The molecule has 0 saturated heterocycles. The summed E-state index contributed by atoms with van der Waals surface area (Å²) in [5.74, 6) is 0.856. The van der Waals surface area contributed by atoms with E-state index in [-0.39, 0.29) is 5.54 Å². The van der Waals surface area contributed by atoms with Gasteiger partial charge < -0.3 is 5.32 Å². The van der Waals surface area contributed by atoms with Crippen LogP contribution < -0.4 is 5.32 Å². The van der Waals surface area contributed by atoms with E-state index >= 15 is 0 Å². The third-order valence-corrected chi connectivity index (χ3v) is 2.08. The second-order valence-corrected chi connectivity index (χ2v) is 4.31. The van der Waals surface area contributed by atoms with Gasteiger partial charge in [0.2, 0.25) is 0 Å². The molecule has 0 radical (unpaired) electrons. The van der Waals surface area contributed by atoms with Gasteiger partial charge in [0.15, 0.2) is 0 Å². The van der Waals surface area contributed by atoms with Gasteiger partial charge in [-0.15, -0.1) is 0 Å². The third kappa shape index (κ3) is 6.36.